The summed E-state index contributed by atoms with van der Waals surface area (Å²) in [5.74, 6) is 0.560. The number of halogens is 6. The topological polar surface area (TPSA) is 76.5 Å². The Bertz CT molecular complexity index is 1420. The van der Waals surface area contributed by atoms with Crippen molar-refractivity contribution in [1.82, 2.24) is 14.7 Å². The molecule has 2 aromatic carbocycles. The zero-order valence-corrected chi connectivity index (χ0v) is 19.1. The van der Waals surface area contributed by atoms with Crippen LogP contribution in [0, 0.1) is 0 Å². The van der Waals surface area contributed by atoms with Gasteiger partial charge in [0, 0.05) is 30.7 Å². The number of carbonyl (C=O) groups is 1. The molecular weight excluding hydrogens is 508 g/mol. The number of nitrogens with two attached hydrogens (primary N) is 1. The number of hydrogen-bond acceptors (Lipinski definition) is 5. The van der Waals surface area contributed by atoms with E-state index in [-0.39, 0.29) is 29.5 Å². The minimum Gasteiger partial charge on any atom is -0.352 e. The van der Waals surface area contributed by atoms with E-state index in [0.29, 0.717) is 40.8 Å². The second-order valence-corrected chi connectivity index (χ2v) is 9.48. The van der Waals surface area contributed by atoms with Crippen LogP contribution in [0.1, 0.15) is 22.3 Å². The highest BCUT2D eigenvalue weighted by Gasteiger charge is 2.38. The summed E-state index contributed by atoms with van der Waals surface area (Å²) >= 11 is 0.995. The molecule has 5 rings (SSSR count). The number of carbonyl (C=O) groups excluding carboxylic acids is 1. The molecular formula is C23H17F6N5OS. The Morgan fingerprint density at radius 1 is 1.06 bits per heavy atom. The Morgan fingerprint density at radius 3 is 2.47 bits per heavy atom. The molecule has 13 heteroatoms. The molecule has 0 atom stereocenters. The van der Waals surface area contributed by atoms with Crippen LogP contribution in [0.2, 0.25) is 0 Å². The van der Waals surface area contributed by atoms with E-state index in [0.717, 1.165) is 23.4 Å². The fourth-order valence-corrected chi connectivity index (χ4v) is 4.84. The number of fused-ring (bicyclic) bond motifs is 1. The number of amidine groups is 1. The Morgan fingerprint density at radius 2 is 1.81 bits per heavy atom. The molecule has 2 aliphatic heterocycles. The number of thioether (sulfide) groups is 1. The highest BCUT2D eigenvalue weighted by Crippen LogP contribution is 2.38. The van der Waals surface area contributed by atoms with E-state index in [9.17, 15) is 31.1 Å². The molecule has 3 aromatic rings. The number of rotatable bonds is 3. The van der Waals surface area contributed by atoms with Crippen LogP contribution >= 0.6 is 11.8 Å². The summed E-state index contributed by atoms with van der Waals surface area (Å²) in [4.78, 5) is 18.5. The van der Waals surface area contributed by atoms with Crippen molar-refractivity contribution in [2.24, 2.45) is 10.7 Å². The lowest BCUT2D eigenvalue weighted by Crippen LogP contribution is -2.57. The molecule has 0 radical (unpaired) electrons. The Kier molecular flexibility index (Phi) is 5.86. The predicted molar refractivity (Wildman–Crippen MR) is 123 cm³/mol. The minimum atomic E-state index is -4.96. The fraction of sp³-hybridized carbons (Fsp3) is 0.261. The van der Waals surface area contributed by atoms with Gasteiger partial charge in [0.05, 0.1) is 28.1 Å². The number of benzene rings is 2. The van der Waals surface area contributed by atoms with Crippen LogP contribution < -0.4 is 5.73 Å². The number of aliphatic imine (C=N–C) groups is 1. The fourth-order valence-electron chi connectivity index (χ4n) is 4.06. The van der Waals surface area contributed by atoms with Gasteiger partial charge in [-0.1, -0.05) is 12.1 Å². The number of alkyl halides is 6. The average Bonchev–Trinajstić information content (AvgIpc) is 3.32. The summed E-state index contributed by atoms with van der Waals surface area (Å²) in [7, 11) is 0. The monoisotopic (exact) mass is 525 g/mol. The largest absolute Gasteiger partial charge is 0.416 e. The van der Waals surface area contributed by atoms with Crippen LogP contribution in [-0.4, -0.2) is 44.9 Å². The van der Waals surface area contributed by atoms with Crippen LogP contribution in [0.4, 0.5) is 31.1 Å². The lowest BCUT2D eigenvalue weighted by molar-refractivity contribution is -0.143. The van der Waals surface area contributed by atoms with Crippen molar-refractivity contribution in [3.05, 3.63) is 69.8 Å². The maximum absolute atomic E-state index is 13.5. The summed E-state index contributed by atoms with van der Waals surface area (Å²) in [5, 5.41) is 4.55. The van der Waals surface area contributed by atoms with Crippen molar-refractivity contribution in [3.8, 4) is 0 Å². The Labute approximate surface area is 204 Å². The third-order valence-electron chi connectivity index (χ3n) is 5.77. The van der Waals surface area contributed by atoms with Crippen LogP contribution in [-0.2, 0) is 18.9 Å². The van der Waals surface area contributed by atoms with Gasteiger partial charge < -0.3 is 10.6 Å². The molecule has 1 saturated heterocycles. The Balaban J connectivity index is 1.42. The van der Waals surface area contributed by atoms with E-state index in [2.05, 4.69) is 10.1 Å². The molecule has 0 unspecified atom stereocenters. The molecule has 1 fully saturated rings. The molecule has 1 amide bonds. The second-order valence-electron chi connectivity index (χ2n) is 8.49. The highest BCUT2D eigenvalue weighted by molar-refractivity contribution is 8.18. The van der Waals surface area contributed by atoms with Gasteiger partial charge in [0.2, 0.25) is 0 Å². The first-order chi connectivity index (χ1) is 16.9. The predicted octanol–water partition coefficient (Wildman–Crippen LogP) is 5.37. The normalized spacial score (nSPS) is 18.3. The van der Waals surface area contributed by atoms with Gasteiger partial charge in [-0.25, -0.2) is 0 Å². The van der Waals surface area contributed by atoms with Gasteiger partial charge >= 0.3 is 17.6 Å². The van der Waals surface area contributed by atoms with Crippen LogP contribution in [0.15, 0.2) is 52.5 Å². The quantitative estimate of drug-likeness (QED) is 0.466. The van der Waals surface area contributed by atoms with Crippen molar-refractivity contribution >= 4 is 39.8 Å². The van der Waals surface area contributed by atoms with Crippen molar-refractivity contribution < 1.29 is 31.1 Å². The van der Waals surface area contributed by atoms with Gasteiger partial charge in [-0.3, -0.25) is 9.48 Å². The first kappa shape index (κ1) is 24.4. The maximum atomic E-state index is 13.5. The molecule has 0 aliphatic carbocycles. The molecule has 36 heavy (non-hydrogen) atoms. The zero-order valence-electron chi connectivity index (χ0n) is 18.3. The lowest BCUT2D eigenvalue weighted by atomic mass is 10.0. The van der Waals surface area contributed by atoms with Gasteiger partial charge in [0.15, 0.2) is 0 Å². The first-order valence-corrected chi connectivity index (χ1v) is 11.5. The lowest BCUT2D eigenvalue weighted by Gasteiger charge is -2.38. The van der Waals surface area contributed by atoms with Crippen molar-refractivity contribution in [2.45, 2.75) is 24.9 Å². The third kappa shape index (κ3) is 4.85. The Hall–Kier alpha value is -3.32. The van der Waals surface area contributed by atoms with E-state index >= 15 is 0 Å². The maximum Gasteiger partial charge on any atom is 0.416 e. The van der Waals surface area contributed by atoms with Gasteiger partial charge in [-0.15, -0.1) is 0 Å². The minimum absolute atomic E-state index is 0.0272. The average molecular weight is 525 g/mol. The van der Waals surface area contributed by atoms with E-state index in [4.69, 9.17) is 5.73 Å². The summed E-state index contributed by atoms with van der Waals surface area (Å²) in [5.41, 5.74) is 3.98. The second kappa shape index (κ2) is 8.66. The number of amides is 1. The summed E-state index contributed by atoms with van der Waals surface area (Å²) in [6, 6.07) is 6.77. The standard InChI is InChI=1S/C23H17F6N5OS/c24-22(25,26)15-3-2-13(17(7-15)23(27,28)29)8-34-9-14-5-12(1-4-18(14)32-34)6-19-20(31-21(35)36-19)33-10-16(30)11-33/h1-7,9,16H,8,10-11,30H2/b19-6-. The zero-order chi connectivity index (χ0) is 25.8. The first-order valence-electron chi connectivity index (χ1n) is 10.6. The van der Waals surface area contributed by atoms with Crippen LogP contribution in [0.5, 0.6) is 0 Å². The van der Waals surface area contributed by atoms with E-state index < -0.39 is 23.5 Å². The van der Waals surface area contributed by atoms with Crippen molar-refractivity contribution in [1.29, 1.82) is 0 Å². The molecule has 0 spiro atoms. The summed E-state index contributed by atoms with van der Waals surface area (Å²) < 4.78 is 80.5. The van der Waals surface area contributed by atoms with E-state index in [1.807, 2.05) is 4.90 Å². The summed E-state index contributed by atoms with van der Waals surface area (Å²) in [6.07, 6.45) is -6.55. The number of likely N-dealkylation sites (tertiary alicyclic amines) is 1. The number of aromatic nitrogens is 2. The smallest absolute Gasteiger partial charge is 0.352 e. The SMILES string of the molecule is NC1CN(C2=NC(=O)S/C2=C\c2ccc3nn(Cc4ccc(C(F)(F)F)cc4C(F)(F)F)cc3c2)C1. The number of hydrogen-bond donors (Lipinski definition) is 1. The summed E-state index contributed by atoms with van der Waals surface area (Å²) in [6.45, 7) is 0.827. The number of nitrogens with zero attached hydrogens (tertiary/aromatic N) is 4. The molecule has 188 valence electrons. The van der Waals surface area contributed by atoms with Gasteiger partial charge in [-0.05, 0) is 53.2 Å². The molecule has 3 heterocycles. The van der Waals surface area contributed by atoms with Gasteiger partial charge in [0.1, 0.15) is 5.84 Å². The van der Waals surface area contributed by atoms with Crippen LogP contribution in [0.25, 0.3) is 17.0 Å². The molecule has 6 nitrogen and oxygen atoms in total. The van der Waals surface area contributed by atoms with Gasteiger partial charge in [0.25, 0.3) is 0 Å². The highest BCUT2D eigenvalue weighted by atomic mass is 32.2. The van der Waals surface area contributed by atoms with E-state index in [1.54, 1.807) is 24.3 Å². The molecule has 0 bridgehead atoms. The van der Waals surface area contributed by atoms with Crippen molar-refractivity contribution in [2.75, 3.05) is 13.1 Å². The molecule has 2 N–H and O–H groups in total. The van der Waals surface area contributed by atoms with E-state index in [1.165, 1.54) is 10.9 Å². The molecule has 0 saturated carbocycles. The molecule has 1 aromatic heterocycles. The van der Waals surface area contributed by atoms with Crippen molar-refractivity contribution in [3.63, 3.8) is 0 Å². The van der Waals surface area contributed by atoms with Crippen LogP contribution in [0.3, 0.4) is 0 Å². The van der Waals surface area contributed by atoms with Gasteiger partial charge in [-0.2, -0.15) is 36.4 Å². The molecule has 2 aliphatic rings. The third-order valence-corrected chi connectivity index (χ3v) is 6.56.